The normalized spacial score (nSPS) is 10.3. The molecule has 1 aromatic heterocycles. The van der Waals surface area contributed by atoms with Crippen molar-refractivity contribution in [1.82, 2.24) is 4.98 Å². The Balaban J connectivity index is 2.86. The number of hydrogen-bond donors (Lipinski definition) is 0. The van der Waals surface area contributed by atoms with Gasteiger partial charge in [0.15, 0.2) is 5.82 Å². The molecule has 0 amide bonds. The Morgan fingerprint density at radius 2 is 2.25 bits per heavy atom. The fourth-order valence-electron chi connectivity index (χ4n) is 1.06. The first-order valence-electron chi connectivity index (χ1n) is 5.04. The van der Waals surface area contributed by atoms with Crippen LogP contribution in [0.2, 0.25) is 0 Å². The molecule has 0 fully saturated rings. The van der Waals surface area contributed by atoms with E-state index in [1.165, 1.54) is 6.20 Å². The third-order valence-electron chi connectivity index (χ3n) is 1.67. The number of pyridine rings is 1. The number of esters is 1. The third kappa shape index (κ3) is 3.18. The standard InChI is InChI=1S/C11H14FNO3/c1-4-15-11(14)8-5-9(12)10(13-6-8)16-7(2)3/h5-7H,4H2,1-3H3. The van der Waals surface area contributed by atoms with Crippen LogP contribution in [-0.4, -0.2) is 23.7 Å². The van der Waals surface area contributed by atoms with Crippen molar-refractivity contribution in [2.75, 3.05) is 6.61 Å². The summed E-state index contributed by atoms with van der Waals surface area (Å²) in [6.45, 7) is 5.45. The fourth-order valence-corrected chi connectivity index (χ4v) is 1.06. The minimum Gasteiger partial charge on any atom is -0.473 e. The summed E-state index contributed by atoms with van der Waals surface area (Å²) in [6.07, 6.45) is 1.06. The van der Waals surface area contributed by atoms with Gasteiger partial charge in [-0.05, 0) is 26.8 Å². The highest BCUT2D eigenvalue weighted by molar-refractivity contribution is 5.89. The quantitative estimate of drug-likeness (QED) is 0.740. The van der Waals surface area contributed by atoms with Crippen molar-refractivity contribution in [1.29, 1.82) is 0 Å². The molecule has 1 rings (SSSR count). The summed E-state index contributed by atoms with van der Waals surface area (Å²) in [6, 6.07) is 1.06. The first-order valence-corrected chi connectivity index (χ1v) is 5.04. The lowest BCUT2D eigenvalue weighted by Crippen LogP contribution is -2.10. The molecule has 5 heteroatoms. The third-order valence-corrected chi connectivity index (χ3v) is 1.67. The van der Waals surface area contributed by atoms with Gasteiger partial charge in [-0.1, -0.05) is 0 Å². The molecule has 1 aromatic rings. The van der Waals surface area contributed by atoms with E-state index in [2.05, 4.69) is 4.98 Å². The molecule has 0 N–H and O–H groups in total. The predicted octanol–water partition coefficient (Wildman–Crippen LogP) is 2.18. The van der Waals surface area contributed by atoms with Crippen molar-refractivity contribution < 1.29 is 18.7 Å². The smallest absolute Gasteiger partial charge is 0.339 e. The Hall–Kier alpha value is -1.65. The van der Waals surface area contributed by atoms with Crippen LogP contribution in [0.4, 0.5) is 4.39 Å². The summed E-state index contributed by atoms with van der Waals surface area (Å²) in [7, 11) is 0. The number of ether oxygens (including phenoxy) is 2. The Kier molecular flexibility index (Phi) is 4.22. The maximum absolute atomic E-state index is 13.4. The van der Waals surface area contributed by atoms with E-state index in [0.717, 1.165) is 6.07 Å². The highest BCUT2D eigenvalue weighted by Crippen LogP contribution is 2.16. The van der Waals surface area contributed by atoms with E-state index in [0.29, 0.717) is 0 Å². The largest absolute Gasteiger partial charge is 0.473 e. The molecule has 0 unspecified atom stereocenters. The molecule has 0 radical (unpaired) electrons. The van der Waals surface area contributed by atoms with Crippen LogP contribution in [0.5, 0.6) is 5.88 Å². The number of aromatic nitrogens is 1. The van der Waals surface area contributed by atoms with E-state index in [1.54, 1.807) is 20.8 Å². The first kappa shape index (κ1) is 12.4. The Morgan fingerprint density at radius 1 is 1.56 bits per heavy atom. The van der Waals surface area contributed by atoms with Gasteiger partial charge in [0.1, 0.15) is 0 Å². The first-order chi connectivity index (χ1) is 7.54. The Bertz CT molecular complexity index is 379. The summed E-state index contributed by atoms with van der Waals surface area (Å²) in [4.78, 5) is 15.0. The van der Waals surface area contributed by atoms with E-state index in [1.807, 2.05) is 0 Å². The lowest BCUT2D eigenvalue weighted by molar-refractivity contribution is 0.0525. The van der Waals surface area contributed by atoms with Gasteiger partial charge in [-0.25, -0.2) is 14.2 Å². The number of nitrogens with zero attached hydrogens (tertiary/aromatic N) is 1. The predicted molar refractivity (Wildman–Crippen MR) is 55.9 cm³/mol. The van der Waals surface area contributed by atoms with E-state index in [4.69, 9.17) is 9.47 Å². The highest BCUT2D eigenvalue weighted by Gasteiger charge is 2.13. The Morgan fingerprint density at radius 3 is 2.75 bits per heavy atom. The molecular formula is C11H14FNO3. The molecule has 0 spiro atoms. The molecule has 1 heterocycles. The zero-order valence-corrected chi connectivity index (χ0v) is 9.49. The van der Waals surface area contributed by atoms with Gasteiger partial charge in [-0.2, -0.15) is 0 Å². The van der Waals surface area contributed by atoms with E-state index in [-0.39, 0.29) is 24.2 Å². The summed E-state index contributed by atoms with van der Waals surface area (Å²) < 4.78 is 23.2. The molecule has 0 aliphatic carbocycles. The number of carbonyl (C=O) groups excluding carboxylic acids is 1. The number of halogens is 1. The summed E-state index contributed by atoms with van der Waals surface area (Å²) in [5.41, 5.74) is 0.0791. The second kappa shape index (κ2) is 5.44. The molecule has 88 valence electrons. The molecule has 16 heavy (non-hydrogen) atoms. The number of rotatable bonds is 4. The van der Waals surface area contributed by atoms with E-state index < -0.39 is 11.8 Å². The molecular weight excluding hydrogens is 213 g/mol. The van der Waals surface area contributed by atoms with Crippen molar-refractivity contribution >= 4 is 5.97 Å². The van der Waals surface area contributed by atoms with Crippen molar-refractivity contribution in [2.24, 2.45) is 0 Å². The molecule has 0 aliphatic heterocycles. The molecule has 0 aromatic carbocycles. The van der Waals surface area contributed by atoms with Crippen LogP contribution < -0.4 is 4.74 Å². The number of hydrogen-bond acceptors (Lipinski definition) is 4. The molecule has 0 saturated heterocycles. The van der Waals surface area contributed by atoms with Gasteiger partial charge in [0.2, 0.25) is 0 Å². The van der Waals surface area contributed by atoms with Crippen molar-refractivity contribution in [2.45, 2.75) is 26.9 Å². The SMILES string of the molecule is CCOC(=O)c1cnc(OC(C)C)c(F)c1. The number of carbonyl (C=O) groups is 1. The van der Waals surface area contributed by atoms with Gasteiger partial charge in [-0.3, -0.25) is 0 Å². The molecule has 0 saturated carbocycles. The van der Waals surface area contributed by atoms with Gasteiger partial charge in [0.25, 0.3) is 5.88 Å². The molecule has 0 bridgehead atoms. The average Bonchev–Trinajstić information content (AvgIpc) is 2.20. The highest BCUT2D eigenvalue weighted by atomic mass is 19.1. The second-order valence-corrected chi connectivity index (χ2v) is 3.40. The molecule has 0 atom stereocenters. The summed E-state index contributed by atoms with van der Waals surface area (Å²) >= 11 is 0. The van der Waals surface area contributed by atoms with Crippen molar-refractivity contribution in [3.63, 3.8) is 0 Å². The van der Waals surface area contributed by atoms with Gasteiger partial charge in [0, 0.05) is 6.20 Å². The zero-order chi connectivity index (χ0) is 12.1. The monoisotopic (exact) mass is 227 g/mol. The maximum Gasteiger partial charge on any atom is 0.339 e. The fraction of sp³-hybridized carbons (Fsp3) is 0.455. The Labute approximate surface area is 93.4 Å². The minimum absolute atomic E-state index is 0.0791. The van der Waals surface area contributed by atoms with Gasteiger partial charge in [0.05, 0.1) is 18.3 Å². The summed E-state index contributed by atoms with van der Waals surface area (Å²) in [5, 5.41) is 0. The lowest BCUT2D eigenvalue weighted by Gasteiger charge is -2.09. The summed E-state index contributed by atoms with van der Waals surface area (Å²) in [5.74, 6) is -1.37. The lowest BCUT2D eigenvalue weighted by atomic mass is 10.3. The maximum atomic E-state index is 13.4. The van der Waals surface area contributed by atoms with E-state index >= 15 is 0 Å². The average molecular weight is 227 g/mol. The van der Waals surface area contributed by atoms with Crippen LogP contribution in [0.25, 0.3) is 0 Å². The van der Waals surface area contributed by atoms with Crippen LogP contribution >= 0.6 is 0 Å². The van der Waals surface area contributed by atoms with Gasteiger partial charge >= 0.3 is 5.97 Å². The second-order valence-electron chi connectivity index (χ2n) is 3.40. The topological polar surface area (TPSA) is 48.4 Å². The van der Waals surface area contributed by atoms with Gasteiger partial charge in [-0.15, -0.1) is 0 Å². The van der Waals surface area contributed by atoms with Gasteiger partial charge < -0.3 is 9.47 Å². The van der Waals surface area contributed by atoms with Crippen LogP contribution in [0, 0.1) is 5.82 Å². The van der Waals surface area contributed by atoms with Crippen LogP contribution in [0.1, 0.15) is 31.1 Å². The zero-order valence-electron chi connectivity index (χ0n) is 9.49. The van der Waals surface area contributed by atoms with Crippen molar-refractivity contribution in [3.05, 3.63) is 23.6 Å². The van der Waals surface area contributed by atoms with Crippen molar-refractivity contribution in [3.8, 4) is 5.88 Å². The van der Waals surface area contributed by atoms with Crippen LogP contribution in [0.15, 0.2) is 12.3 Å². The van der Waals surface area contributed by atoms with Crippen LogP contribution in [0.3, 0.4) is 0 Å². The minimum atomic E-state index is -0.667. The van der Waals surface area contributed by atoms with Crippen LogP contribution in [-0.2, 0) is 4.74 Å². The molecule has 4 nitrogen and oxygen atoms in total. The van der Waals surface area contributed by atoms with E-state index in [9.17, 15) is 9.18 Å². The molecule has 0 aliphatic rings.